The van der Waals surface area contributed by atoms with Crippen molar-refractivity contribution in [3.63, 3.8) is 0 Å². The topological polar surface area (TPSA) is 88.9 Å². The number of rotatable bonds is 6. The number of imidazole rings is 2. The first kappa shape index (κ1) is 20.2. The van der Waals surface area contributed by atoms with Gasteiger partial charge < -0.3 is 19.2 Å². The van der Waals surface area contributed by atoms with Crippen LogP contribution in [0.15, 0.2) is 36.9 Å². The van der Waals surface area contributed by atoms with Crippen molar-refractivity contribution in [3.05, 3.63) is 36.9 Å². The third kappa shape index (κ3) is 3.73. The number of aromatic nitrogens is 5. The van der Waals surface area contributed by atoms with Gasteiger partial charge in [0.25, 0.3) is 6.47 Å². The van der Waals surface area contributed by atoms with Crippen LogP contribution in [0.4, 0.5) is 5.82 Å². The molecule has 0 unspecified atom stereocenters. The first-order valence-electron chi connectivity index (χ1n) is 11.9. The fourth-order valence-electron chi connectivity index (χ4n) is 5.50. The van der Waals surface area contributed by atoms with Gasteiger partial charge in [0.1, 0.15) is 5.82 Å². The Morgan fingerprint density at radius 2 is 2.03 bits per heavy atom. The van der Waals surface area contributed by atoms with E-state index in [0.717, 1.165) is 47.5 Å². The smallest absolute Gasteiger partial charge is 0.293 e. The second-order valence-electron chi connectivity index (χ2n) is 9.31. The van der Waals surface area contributed by atoms with Crippen molar-refractivity contribution in [2.75, 3.05) is 24.6 Å². The quantitative estimate of drug-likeness (QED) is 0.441. The Kier molecular flexibility index (Phi) is 5.20. The van der Waals surface area contributed by atoms with E-state index in [4.69, 9.17) is 14.7 Å². The molecule has 170 valence electrons. The average molecular weight is 445 g/mol. The van der Waals surface area contributed by atoms with Crippen molar-refractivity contribution in [3.8, 4) is 11.1 Å². The monoisotopic (exact) mass is 444 g/mol. The highest BCUT2D eigenvalue weighted by Gasteiger charge is 2.25. The highest BCUT2D eigenvalue weighted by molar-refractivity contribution is 5.94. The second kappa shape index (κ2) is 8.50. The lowest BCUT2D eigenvalue weighted by Crippen LogP contribution is -2.22. The highest BCUT2D eigenvalue weighted by atomic mass is 16.5. The summed E-state index contributed by atoms with van der Waals surface area (Å²) in [6, 6.07) is 9.28. The maximum Gasteiger partial charge on any atom is 0.293 e. The first-order chi connectivity index (χ1) is 16.3. The molecule has 0 bridgehead atoms. The van der Waals surface area contributed by atoms with Crippen molar-refractivity contribution in [1.82, 2.24) is 24.5 Å². The number of fused-ring (bicyclic) bond motifs is 2. The molecule has 1 saturated carbocycles. The van der Waals surface area contributed by atoms with Gasteiger partial charge in [0, 0.05) is 30.6 Å². The molecule has 1 aromatic carbocycles. The van der Waals surface area contributed by atoms with Crippen molar-refractivity contribution in [2.24, 2.45) is 5.92 Å². The van der Waals surface area contributed by atoms with Gasteiger partial charge in [0.2, 0.25) is 0 Å². The van der Waals surface area contributed by atoms with Gasteiger partial charge in [-0.25, -0.2) is 15.0 Å². The first-order valence-corrected chi connectivity index (χ1v) is 11.9. The number of carbonyl (C=O) groups is 1. The molecule has 33 heavy (non-hydrogen) atoms. The number of aromatic amines is 1. The molecule has 1 saturated heterocycles. The summed E-state index contributed by atoms with van der Waals surface area (Å²) in [5, 5.41) is 0. The number of hydrogen-bond acceptors (Lipinski definition) is 6. The van der Waals surface area contributed by atoms with Crippen LogP contribution >= 0.6 is 0 Å². The van der Waals surface area contributed by atoms with Crippen LogP contribution in [-0.4, -0.2) is 50.7 Å². The standard InChI is InChI=1S/C25H28N6O2/c32-16-33-13-17-8-9-30(12-17)23-11-20(24-25(29-23)27-14-26-24)18-6-7-22-21(10-18)28-15-31(22)19-4-2-1-3-5-19/h6-7,10-11,14-17,19H,1-5,8-9,12-13H2,(H,26,27,29)/t17-/m0/s1. The van der Waals surface area contributed by atoms with Crippen LogP contribution < -0.4 is 4.90 Å². The van der Waals surface area contributed by atoms with Gasteiger partial charge in [0.15, 0.2) is 5.65 Å². The summed E-state index contributed by atoms with van der Waals surface area (Å²) >= 11 is 0. The maximum atomic E-state index is 10.5. The van der Waals surface area contributed by atoms with Crippen LogP contribution in [0.2, 0.25) is 0 Å². The molecule has 0 amide bonds. The van der Waals surface area contributed by atoms with Crippen molar-refractivity contribution < 1.29 is 9.53 Å². The van der Waals surface area contributed by atoms with Gasteiger partial charge in [-0.2, -0.15) is 0 Å². The molecule has 8 heteroatoms. The molecule has 8 nitrogen and oxygen atoms in total. The van der Waals surface area contributed by atoms with E-state index in [1.54, 1.807) is 6.33 Å². The predicted molar refractivity (Wildman–Crippen MR) is 127 cm³/mol. The summed E-state index contributed by atoms with van der Waals surface area (Å²) in [6.07, 6.45) is 11.1. The molecule has 0 spiro atoms. The number of ether oxygens (including phenoxy) is 1. The largest absolute Gasteiger partial charge is 0.468 e. The normalized spacial score (nSPS) is 19.5. The molecule has 2 aliphatic rings. The van der Waals surface area contributed by atoms with Crippen LogP contribution in [0.1, 0.15) is 44.6 Å². The summed E-state index contributed by atoms with van der Waals surface area (Å²) in [5.41, 5.74) is 6.06. The zero-order valence-electron chi connectivity index (χ0n) is 18.6. The molecule has 4 heterocycles. The Labute approximate surface area is 192 Å². The van der Waals surface area contributed by atoms with Gasteiger partial charge in [-0.1, -0.05) is 25.3 Å². The second-order valence-corrected chi connectivity index (χ2v) is 9.31. The van der Waals surface area contributed by atoms with Crippen LogP contribution in [0.25, 0.3) is 33.3 Å². The SMILES string of the molecule is O=COC[C@H]1CCN(c2cc(-c3ccc4c(c3)ncn4C3CCCCC3)c3[nH]cnc3n2)C1. The number of carbonyl (C=O) groups excluding carboxylic acids is 1. The molecule has 1 aliphatic heterocycles. The van der Waals surface area contributed by atoms with E-state index in [1.165, 1.54) is 37.6 Å². The molecule has 1 atom stereocenters. The van der Waals surface area contributed by atoms with Crippen molar-refractivity contribution in [1.29, 1.82) is 0 Å². The van der Waals surface area contributed by atoms with Gasteiger partial charge in [-0.15, -0.1) is 0 Å². The van der Waals surface area contributed by atoms with E-state index in [0.29, 0.717) is 30.7 Å². The molecule has 1 N–H and O–H groups in total. The Balaban J connectivity index is 1.35. The maximum absolute atomic E-state index is 10.5. The van der Waals surface area contributed by atoms with Crippen LogP contribution in [-0.2, 0) is 9.53 Å². The third-order valence-electron chi connectivity index (χ3n) is 7.25. The highest BCUT2D eigenvalue weighted by Crippen LogP contribution is 2.35. The fraction of sp³-hybridized carbons (Fsp3) is 0.440. The van der Waals surface area contributed by atoms with Crippen LogP contribution in [0.3, 0.4) is 0 Å². The number of H-pyrrole nitrogens is 1. The van der Waals surface area contributed by atoms with E-state index < -0.39 is 0 Å². The van der Waals surface area contributed by atoms with Gasteiger partial charge >= 0.3 is 0 Å². The zero-order chi connectivity index (χ0) is 22.2. The minimum atomic E-state index is 0.329. The summed E-state index contributed by atoms with van der Waals surface area (Å²) in [7, 11) is 0. The number of benzene rings is 1. The lowest BCUT2D eigenvalue weighted by molar-refractivity contribution is -0.129. The van der Waals surface area contributed by atoms with Crippen LogP contribution in [0.5, 0.6) is 0 Å². The molecule has 0 radical (unpaired) electrons. The molecule has 4 aromatic rings. The van der Waals surface area contributed by atoms with Gasteiger partial charge in [-0.05, 0) is 43.0 Å². The Hall–Kier alpha value is -3.42. The lowest BCUT2D eigenvalue weighted by atomic mass is 9.95. The summed E-state index contributed by atoms with van der Waals surface area (Å²) in [5.74, 6) is 1.24. The Bertz CT molecular complexity index is 1290. The van der Waals surface area contributed by atoms with E-state index in [2.05, 4.69) is 43.7 Å². The van der Waals surface area contributed by atoms with E-state index in [9.17, 15) is 4.79 Å². The molecule has 3 aromatic heterocycles. The third-order valence-corrected chi connectivity index (χ3v) is 7.25. The van der Waals surface area contributed by atoms with Gasteiger partial charge in [0.05, 0.1) is 35.8 Å². The van der Waals surface area contributed by atoms with Crippen molar-refractivity contribution >= 4 is 34.5 Å². The summed E-state index contributed by atoms with van der Waals surface area (Å²) in [6.45, 7) is 2.69. The molecule has 2 fully saturated rings. The number of hydrogen-bond donors (Lipinski definition) is 1. The minimum Gasteiger partial charge on any atom is -0.468 e. The van der Waals surface area contributed by atoms with E-state index in [-0.39, 0.29) is 0 Å². The minimum absolute atomic E-state index is 0.329. The number of anilines is 1. The lowest BCUT2D eigenvalue weighted by Gasteiger charge is -2.23. The van der Waals surface area contributed by atoms with Crippen molar-refractivity contribution in [2.45, 2.75) is 44.6 Å². The molecular weight excluding hydrogens is 416 g/mol. The average Bonchev–Trinajstić information content (AvgIpc) is 3.61. The predicted octanol–water partition coefficient (Wildman–Crippen LogP) is 4.48. The molecular formula is C25H28N6O2. The van der Waals surface area contributed by atoms with E-state index >= 15 is 0 Å². The number of nitrogens with zero attached hydrogens (tertiary/aromatic N) is 5. The number of nitrogens with one attached hydrogen (secondary N) is 1. The molecule has 6 rings (SSSR count). The fourth-order valence-corrected chi connectivity index (χ4v) is 5.50. The zero-order valence-corrected chi connectivity index (χ0v) is 18.6. The van der Waals surface area contributed by atoms with Crippen LogP contribution in [0, 0.1) is 5.92 Å². The summed E-state index contributed by atoms with van der Waals surface area (Å²) in [4.78, 5) is 30.1. The summed E-state index contributed by atoms with van der Waals surface area (Å²) < 4.78 is 7.35. The van der Waals surface area contributed by atoms with E-state index in [1.807, 2.05) is 6.33 Å². The molecule has 1 aliphatic carbocycles. The number of pyridine rings is 1. The Morgan fingerprint density at radius 1 is 1.12 bits per heavy atom. The van der Waals surface area contributed by atoms with Gasteiger partial charge in [-0.3, -0.25) is 4.79 Å². The Morgan fingerprint density at radius 3 is 2.91 bits per heavy atom.